The third-order valence-electron chi connectivity index (χ3n) is 6.76. The summed E-state index contributed by atoms with van der Waals surface area (Å²) in [4.78, 5) is 32.2. The lowest BCUT2D eigenvalue weighted by Gasteiger charge is -2.25. The number of pyridine rings is 1. The molecule has 2 heterocycles. The molecule has 40 heavy (non-hydrogen) atoms. The summed E-state index contributed by atoms with van der Waals surface area (Å²) in [6.45, 7) is 5.04. The van der Waals surface area contributed by atoms with Crippen LogP contribution in [0.3, 0.4) is 0 Å². The fourth-order valence-electron chi connectivity index (χ4n) is 4.82. The highest BCUT2D eigenvalue weighted by molar-refractivity contribution is 6.46. The first kappa shape index (κ1) is 26.7. The van der Waals surface area contributed by atoms with Crippen LogP contribution in [0.25, 0.3) is 5.76 Å². The standard InChI is InChI=1S/C33H30N2O5/c1-3-39-27-11-7-25(8-12-27)30-29(32(37)33(38)35(30)20-23-15-17-34-18-16-23)31(36)26-9-13-28(14-10-26)40-21-24-6-4-5-22(2)19-24/h4-19,30,36H,3,20-21H2,1-2H3/t30-/m1/s1. The van der Waals surface area contributed by atoms with Crippen LogP contribution >= 0.6 is 0 Å². The second kappa shape index (κ2) is 11.9. The van der Waals surface area contributed by atoms with Crippen LogP contribution in [-0.2, 0) is 22.7 Å². The Bertz CT molecular complexity index is 1530. The minimum atomic E-state index is -0.777. The Morgan fingerprint density at radius 3 is 2.23 bits per heavy atom. The topological polar surface area (TPSA) is 89.0 Å². The maximum atomic E-state index is 13.4. The minimum Gasteiger partial charge on any atom is -0.507 e. The number of ketones is 1. The lowest BCUT2D eigenvalue weighted by Crippen LogP contribution is -2.29. The molecule has 0 spiro atoms. The predicted octanol–water partition coefficient (Wildman–Crippen LogP) is 5.99. The maximum absolute atomic E-state index is 13.4. The first-order chi connectivity index (χ1) is 19.4. The zero-order valence-corrected chi connectivity index (χ0v) is 22.4. The fourth-order valence-corrected chi connectivity index (χ4v) is 4.82. The predicted molar refractivity (Wildman–Crippen MR) is 152 cm³/mol. The zero-order chi connectivity index (χ0) is 28.1. The van der Waals surface area contributed by atoms with Crippen LogP contribution in [0.1, 0.15) is 40.8 Å². The number of amides is 1. The van der Waals surface area contributed by atoms with E-state index in [2.05, 4.69) is 11.1 Å². The Labute approximate surface area is 233 Å². The molecule has 1 saturated heterocycles. The van der Waals surface area contributed by atoms with E-state index in [4.69, 9.17) is 9.47 Å². The van der Waals surface area contributed by atoms with Gasteiger partial charge in [0.2, 0.25) is 0 Å². The number of aromatic nitrogens is 1. The number of hydrogen-bond acceptors (Lipinski definition) is 6. The van der Waals surface area contributed by atoms with E-state index in [1.807, 2.05) is 44.2 Å². The molecule has 0 unspecified atom stereocenters. The average Bonchev–Trinajstić information content (AvgIpc) is 3.22. The number of benzene rings is 3. The van der Waals surface area contributed by atoms with Crippen molar-refractivity contribution in [3.8, 4) is 11.5 Å². The average molecular weight is 535 g/mol. The Balaban J connectivity index is 1.47. The van der Waals surface area contributed by atoms with E-state index >= 15 is 0 Å². The van der Waals surface area contributed by atoms with E-state index in [-0.39, 0.29) is 17.9 Å². The van der Waals surface area contributed by atoms with Crippen molar-refractivity contribution in [1.29, 1.82) is 0 Å². The normalized spacial score (nSPS) is 16.2. The van der Waals surface area contributed by atoms with Gasteiger partial charge in [-0.1, -0.05) is 42.0 Å². The Kier molecular flexibility index (Phi) is 7.92. The van der Waals surface area contributed by atoms with Crippen LogP contribution in [0, 0.1) is 6.92 Å². The van der Waals surface area contributed by atoms with Gasteiger partial charge in [0.15, 0.2) is 0 Å². The second-order valence-corrected chi connectivity index (χ2v) is 9.59. The number of aliphatic hydroxyl groups is 1. The van der Waals surface area contributed by atoms with Gasteiger partial charge in [-0.25, -0.2) is 0 Å². The van der Waals surface area contributed by atoms with Crippen LogP contribution in [0.2, 0.25) is 0 Å². The third kappa shape index (κ3) is 5.73. The molecule has 0 aliphatic carbocycles. The molecule has 3 aromatic carbocycles. The van der Waals surface area contributed by atoms with Crippen molar-refractivity contribution < 1.29 is 24.2 Å². The highest BCUT2D eigenvalue weighted by Gasteiger charge is 2.46. The number of ether oxygens (including phenoxy) is 2. The number of carbonyl (C=O) groups excluding carboxylic acids is 2. The van der Waals surface area contributed by atoms with Crippen molar-refractivity contribution in [2.75, 3.05) is 6.61 Å². The van der Waals surface area contributed by atoms with E-state index in [9.17, 15) is 14.7 Å². The van der Waals surface area contributed by atoms with Gasteiger partial charge in [0.05, 0.1) is 18.2 Å². The molecule has 4 aromatic rings. The number of nitrogens with zero attached hydrogens (tertiary/aromatic N) is 2. The monoisotopic (exact) mass is 534 g/mol. The molecule has 1 N–H and O–H groups in total. The van der Waals surface area contributed by atoms with Gasteiger partial charge < -0.3 is 19.5 Å². The van der Waals surface area contributed by atoms with Crippen LogP contribution in [0.15, 0.2) is 103 Å². The van der Waals surface area contributed by atoms with Crippen molar-refractivity contribution in [3.05, 3.63) is 131 Å². The molecule has 7 heteroatoms. The van der Waals surface area contributed by atoms with Crippen LogP contribution < -0.4 is 9.47 Å². The molecule has 1 aromatic heterocycles. The largest absolute Gasteiger partial charge is 0.507 e. The van der Waals surface area contributed by atoms with Crippen molar-refractivity contribution in [2.45, 2.75) is 33.0 Å². The lowest BCUT2D eigenvalue weighted by molar-refractivity contribution is -0.140. The van der Waals surface area contributed by atoms with Crippen molar-refractivity contribution >= 4 is 17.4 Å². The molecule has 7 nitrogen and oxygen atoms in total. The van der Waals surface area contributed by atoms with E-state index in [0.29, 0.717) is 35.8 Å². The number of carbonyl (C=O) groups is 2. The summed E-state index contributed by atoms with van der Waals surface area (Å²) in [6, 6.07) is 25.0. The maximum Gasteiger partial charge on any atom is 0.295 e. The van der Waals surface area contributed by atoms with E-state index < -0.39 is 17.7 Å². The van der Waals surface area contributed by atoms with Crippen molar-refractivity contribution in [1.82, 2.24) is 9.88 Å². The molecule has 0 radical (unpaired) electrons. The van der Waals surface area contributed by atoms with Crippen LogP contribution in [-0.4, -0.2) is 33.3 Å². The molecular formula is C33H30N2O5. The van der Waals surface area contributed by atoms with Gasteiger partial charge in [-0.05, 0) is 79.1 Å². The SMILES string of the molecule is CCOc1ccc([C@@H]2C(=C(O)c3ccc(OCc4cccc(C)c4)cc3)C(=O)C(=O)N2Cc2ccncc2)cc1. The molecular weight excluding hydrogens is 504 g/mol. The number of aliphatic hydroxyl groups excluding tert-OH is 1. The molecule has 5 rings (SSSR count). The first-order valence-electron chi connectivity index (χ1n) is 13.1. The molecule has 1 amide bonds. The van der Waals surface area contributed by atoms with Gasteiger partial charge in [-0.15, -0.1) is 0 Å². The lowest BCUT2D eigenvalue weighted by atomic mass is 9.95. The summed E-state index contributed by atoms with van der Waals surface area (Å²) >= 11 is 0. The zero-order valence-electron chi connectivity index (χ0n) is 22.4. The minimum absolute atomic E-state index is 0.0386. The molecule has 202 valence electrons. The number of Topliss-reactive ketones (excluding diaryl/α,β-unsaturated/α-hetero) is 1. The highest BCUT2D eigenvalue weighted by Crippen LogP contribution is 2.40. The van der Waals surface area contributed by atoms with Gasteiger partial charge >= 0.3 is 0 Å². The second-order valence-electron chi connectivity index (χ2n) is 9.59. The van der Waals surface area contributed by atoms with Crippen LogP contribution in [0.5, 0.6) is 11.5 Å². The molecule has 1 atom stereocenters. The quantitative estimate of drug-likeness (QED) is 0.161. The fraction of sp³-hybridized carbons (Fsp3) is 0.182. The smallest absolute Gasteiger partial charge is 0.295 e. The van der Waals surface area contributed by atoms with Crippen molar-refractivity contribution in [2.24, 2.45) is 0 Å². The van der Waals surface area contributed by atoms with Gasteiger partial charge in [0, 0.05) is 24.5 Å². The summed E-state index contributed by atoms with van der Waals surface area (Å²) in [5, 5.41) is 11.4. The van der Waals surface area contributed by atoms with E-state index in [0.717, 1.165) is 16.7 Å². The number of hydrogen-bond donors (Lipinski definition) is 1. The molecule has 0 bridgehead atoms. The summed E-state index contributed by atoms with van der Waals surface area (Å²) in [5.41, 5.74) is 4.18. The molecule has 1 aliphatic heterocycles. The summed E-state index contributed by atoms with van der Waals surface area (Å²) < 4.78 is 11.5. The van der Waals surface area contributed by atoms with Gasteiger partial charge in [0.25, 0.3) is 11.7 Å². The Hall–Kier alpha value is -4.91. The number of rotatable bonds is 9. The summed E-state index contributed by atoms with van der Waals surface area (Å²) in [6.07, 6.45) is 3.28. The molecule has 1 aliphatic rings. The summed E-state index contributed by atoms with van der Waals surface area (Å²) in [5.74, 6) is -0.335. The Morgan fingerprint density at radius 1 is 0.875 bits per heavy atom. The van der Waals surface area contributed by atoms with Gasteiger partial charge in [-0.2, -0.15) is 0 Å². The van der Waals surface area contributed by atoms with Crippen LogP contribution in [0.4, 0.5) is 0 Å². The van der Waals surface area contributed by atoms with Gasteiger partial charge in [0.1, 0.15) is 23.9 Å². The molecule has 1 fully saturated rings. The van der Waals surface area contributed by atoms with E-state index in [1.165, 1.54) is 4.90 Å². The number of likely N-dealkylation sites (tertiary alicyclic amines) is 1. The number of aryl methyl sites for hydroxylation is 1. The molecule has 0 saturated carbocycles. The third-order valence-corrected chi connectivity index (χ3v) is 6.76. The van der Waals surface area contributed by atoms with Gasteiger partial charge in [-0.3, -0.25) is 14.6 Å². The summed E-state index contributed by atoms with van der Waals surface area (Å²) in [7, 11) is 0. The highest BCUT2D eigenvalue weighted by atomic mass is 16.5. The first-order valence-corrected chi connectivity index (χ1v) is 13.1. The van der Waals surface area contributed by atoms with E-state index in [1.54, 1.807) is 60.9 Å². The Morgan fingerprint density at radius 2 is 1.55 bits per heavy atom. The van der Waals surface area contributed by atoms with Crippen molar-refractivity contribution in [3.63, 3.8) is 0 Å².